The van der Waals surface area contributed by atoms with Crippen LogP contribution in [-0.4, -0.2) is 31.8 Å². The number of sulfonamides is 1. The van der Waals surface area contributed by atoms with Gasteiger partial charge in [0.05, 0.1) is 5.69 Å². The van der Waals surface area contributed by atoms with Crippen molar-refractivity contribution in [2.75, 3.05) is 25.6 Å². The fourth-order valence-electron chi connectivity index (χ4n) is 0.824. The third kappa shape index (κ3) is 1.78. The molecule has 1 aromatic heterocycles. The highest BCUT2D eigenvalue weighted by atomic mass is 32.2. The highest BCUT2D eigenvalue weighted by Crippen LogP contribution is 2.18. The maximum absolute atomic E-state index is 11.6. The van der Waals surface area contributed by atoms with Gasteiger partial charge >= 0.3 is 0 Å². The lowest BCUT2D eigenvalue weighted by molar-refractivity contribution is 0.520. The first-order chi connectivity index (χ1) is 6.35. The van der Waals surface area contributed by atoms with E-state index in [1.165, 1.54) is 26.4 Å². The second-order valence-electron chi connectivity index (χ2n) is 2.93. The fraction of sp³-hybridized carbons (Fsp3) is 0.286. The fourth-order valence-corrected chi connectivity index (χ4v) is 1.71. The van der Waals surface area contributed by atoms with Crippen molar-refractivity contribution in [3.05, 3.63) is 12.3 Å². The Labute approximate surface area is 82.6 Å². The molecule has 0 radical (unpaired) electrons. The molecule has 0 aliphatic carbocycles. The van der Waals surface area contributed by atoms with Crippen LogP contribution in [0.25, 0.3) is 0 Å². The van der Waals surface area contributed by atoms with Gasteiger partial charge in [-0.3, -0.25) is 0 Å². The monoisotopic (exact) mass is 216 g/mol. The average molecular weight is 216 g/mol. The third-order valence-electron chi connectivity index (χ3n) is 1.70. The molecule has 0 atom stereocenters. The summed E-state index contributed by atoms with van der Waals surface area (Å²) in [6.07, 6.45) is 1.18. The van der Waals surface area contributed by atoms with Gasteiger partial charge in [-0.2, -0.15) is 0 Å². The first-order valence-electron chi connectivity index (χ1n) is 3.79. The van der Waals surface area contributed by atoms with Crippen LogP contribution in [-0.2, 0) is 10.0 Å². The van der Waals surface area contributed by atoms with E-state index in [-0.39, 0.29) is 16.4 Å². The van der Waals surface area contributed by atoms with Crippen LogP contribution in [0.15, 0.2) is 17.2 Å². The topological polar surface area (TPSA) is 102 Å². The van der Waals surface area contributed by atoms with Crippen molar-refractivity contribution in [2.45, 2.75) is 4.90 Å². The minimum Gasteiger partial charge on any atom is -0.396 e. The van der Waals surface area contributed by atoms with Gasteiger partial charge in [0.2, 0.25) is 10.0 Å². The molecule has 0 fully saturated rings. The molecule has 7 heteroatoms. The third-order valence-corrected chi connectivity index (χ3v) is 3.48. The van der Waals surface area contributed by atoms with Gasteiger partial charge < -0.3 is 11.5 Å². The largest absolute Gasteiger partial charge is 0.396 e. The van der Waals surface area contributed by atoms with Crippen LogP contribution in [0.4, 0.5) is 11.5 Å². The molecule has 4 N–H and O–H groups in total. The van der Waals surface area contributed by atoms with Crippen molar-refractivity contribution in [1.82, 2.24) is 9.29 Å². The van der Waals surface area contributed by atoms with E-state index in [1.54, 1.807) is 0 Å². The van der Waals surface area contributed by atoms with E-state index in [9.17, 15) is 8.42 Å². The Morgan fingerprint density at radius 2 is 1.93 bits per heavy atom. The van der Waals surface area contributed by atoms with Crippen molar-refractivity contribution < 1.29 is 8.42 Å². The first-order valence-corrected chi connectivity index (χ1v) is 5.23. The molecule has 0 spiro atoms. The van der Waals surface area contributed by atoms with Crippen LogP contribution >= 0.6 is 0 Å². The molecule has 0 amide bonds. The van der Waals surface area contributed by atoms with Gasteiger partial charge in [0.1, 0.15) is 10.7 Å². The lowest BCUT2D eigenvalue weighted by atomic mass is 10.4. The molecule has 0 aliphatic heterocycles. The van der Waals surface area contributed by atoms with Crippen LogP contribution in [0.2, 0.25) is 0 Å². The summed E-state index contributed by atoms with van der Waals surface area (Å²) < 4.78 is 24.3. The van der Waals surface area contributed by atoms with E-state index in [1.807, 2.05) is 0 Å². The Hall–Kier alpha value is -1.34. The number of nitrogen functional groups attached to an aromatic ring is 2. The minimum atomic E-state index is -3.48. The maximum Gasteiger partial charge on any atom is 0.244 e. The summed E-state index contributed by atoms with van der Waals surface area (Å²) >= 11 is 0. The molecular weight excluding hydrogens is 204 g/mol. The molecule has 0 saturated heterocycles. The normalized spacial score (nSPS) is 11.9. The molecule has 0 bridgehead atoms. The standard InChI is InChI=1S/C7H12N4O2S/c1-11(2)14(12,13)5-3-6(8)7(9)10-4-5/h3-4H,8H2,1-2H3,(H2,9,10). The Balaban J connectivity index is 3.29. The summed E-state index contributed by atoms with van der Waals surface area (Å²) in [6, 6.07) is 1.29. The van der Waals surface area contributed by atoms with E-state index in [0.717, 1.165) is 4.31 Å². The Kier molecular flexibility index (Phi) is 2.63. The molecule has 1 rings (SSSR count). The van der Waals surface area contributed by atoms with Gasteiger partial charge in [-0.05, 0) is 6.07 Å². The number of aromatic nitrogens is 1. The van der Waals surface area contributed by atoms with Crippen LogP contribution < -0.4 is 11.5 Å². The Morgan fingerprint density at radius 3 is 2.36 bits per heavy atom. The van der Waals surface area contributed by atoms with Gasteiger partial charge in [-0.1, -0.05) is 0 Å². The highest BCUT2D eigenvalue weighted by molar-refractivity contribution is 7.89. The lowest BCUT2D eigenvalue weighted by Gasteiger charge is -2.11. The summed E-state index contributed by atoms with van der Waals surface area (Å²) in [6.45, 7) is 0. The molecule has 1 heterocycles. The number of pyridine rings is 1. The summed E-state index contributed by atoms with van der Waals surface area (Å²) in [4.78, 5) is 3.71. The second kappa shape index (κ2) is 3.43. The van der Waals surface area contributed by atoms with Crippen molar-refractivity contribution in [3.8, 4) is 0 Å². The van der Waals surface area contributed by atoms with Crippen molar-refractivity contribution in [1.29, 1.82) is 0 Å². The number of hydrogen-bond donors (Lipinski definition) is 2. The Morgan fingerprint density at radius 1 is 1.36 bits per heavy atom. The summed E-state index contributed by atoms with van der Waals surface area (Å²) in [5.41, 5.74) is 11.0. The first kappa shape index (κ1) is 10.7. The molecule has 78 valence electrons. The maximum atomic E-state index is 11.6. The molecular formula is C7H12N4O2S. The van der Waals surface area contributed by atoms with Crippen LogP contribution in [0, 0.1) is 0 Å². The predicted octanol–water partition coefficient (Wildman–Crippen LogP) is -0.504. The molecule has 0 unspecified atom stereocenters. The number of hydrogen-bond acceptors (Lipinski definition) is 5. The van der Waals surface area contributed by atoms with Crippen molar-refractivity contribution >= 4 is 21.5 Å². The molecule has 0 aliphatic rings. The van der Waals surface area contributed by atoms with E-state index >= 15 is 0 Å². The summed E-state index contributed by atoms with van der Waals surface area (Å²) in [7, 11) is -0.616. The quantitative estimate of drug-likeness (QED) is 0.693. The van der Waals surface area contributed by atoms with Crippen molar-refractivity contribution in [2.24, 2.45) is 0 Å². The van der Waals surface area contributed by atoms with Crippen LogP contribution in [0.5, 0.6) is 0 Å². The van der Waals surface area contributed by atoms with Gasteiger partial charge in [-0.15, -0.1) is 0 Å². The SMILES string of the molecule is CN(C)S(=O)(=O)c1cnc(N)c(N)c1. The highest BCUT2D eigenvalue weighted by Gasteiger charge is 2.18. The van der Waals surface area contributed by atoms with Gasteiger partial charge in [0.25, 0.3) is 0 Å². The lowest BCUT2D eigenvalue weighted by Crippen LogP contribution is -2.22. The van der Waals surface area contributed by atoms with E-state index in [4.69, 9.17) is 11.5 Å². The molecule has 6 nitrogen and oxygen atoms in total. The predicted molar refractivity (Wildman–Crippen MR) is 53.9 cm³/mol. The second-order valence-corrected chi connectivity index (χ2v) is 5.08. The van der Waals surface area contributed by atoms with Gasteiger partial charge in [-0.25, -0.2) is 17.7 Å². The number of nitrogens with zero attached hydrogens (tertiary/aromatic N) is 2. The van der Waals surface area contributed by atoms with E-state index in [2.05, 4.69) is 4.98 Å². The smallest absolute Gasteiger partial charge is 0.244 e. The summed E-state index contributed by atoms with van der Waals surface area (Å²) in [5.74, 6) is 0.128. The average Bonchev–Trinajstić information content (AvgIpc) is 2.09. The molecule has 14 heavy (non-hydrogen) atoms. The van der Waals surface area contributed by atoms with Gasteiger partial charge in [0, 0.05) is 20.3 Å². The number of rotatable bonds is 2. The number of anilines is 2. The zero-order valence-electron chi connectivity index (χ0n) is 7.93. The van der Waals surface area contributed by atoms with Gasteiger partial charge in [0.15, 0.2) is 0 Å². The van der Waals surface area contributed by atoms with E-state index < -0.39 is 10.0 Å². The zero-order chi connectivity index (χ0) is 10.9. The zero-order valence-corrected chi connectivity index (χ0v) is 8.75. The Bertz CT molecular complexity index is 441. The molecule has 0 saturated carbocycles. The van der Waals surface area contributed by atoms with Crippen molar-refractivity contribution in [3.63, 3.8) is 0 Å². The summed E-state index contributed by atoms with van der Waals surface area (Å²) in [5, 5.41) is 0. The van der Waals surface area contributed by atoms with E-state index in [0.29, 0.717) is 0 Å². The minimum absolute atomic E-state index is 0.0363. The molecule has 1 aromatic rings. The van der Waals surface area contributed by atoms with Crippen LogP contribution in [0.1, 0.15) is 0 Å². The molecule has 0 aromatic carbocycles. The number of nitrogens with two attached hydrogens (primary N) is 2. The van der Waals surface area contributed by atoms with Crippen LogP contribution in [0.3, 0.4) is 0 Å².